The number of unbranched alkanes of at least 4 members (excludes halogenated alkanes) is 27. The van der Waals surface area contributed by atoms with E-state index in [9.17, 15) is 14.4 Å². The zero-order valence-electron chi connectivity index (χ0n) is 45.3. The maximum atomic E-state index is 12.8. The first kappa shape index (κ1) is 65.6. The van der Waals surface area contributed by atoms with Crippen molar-refractivity contribution in [3.05, 3.63) is 85.1 Å². The lowest BCUT2D eigenvalue weighted by Gasteiger charge is -2.18. The van der Waals surface area contributed by atoms with Gasteiger partial charge in [-0.05, 0) is 96.3 Å². The molecule has 0 spiro atoms. The van der Waals surface area contributed by atoms with Gasteiger partial charge in [-0.15, -0.1) is 0 Å². The lowest BCUT2D eigenvalue weighted by atomic mass is 10.0. The van der Waals surface area contributed by atoms with E-state index in [-0.39, 0.29) is 31.1 Å². The molecule has 0 fully saturated rings. The Morgan fingerprint density at radius 2 is 0.565 bits per heavy atom. The van der Waals surface area contributed by atoms with E-state index in [0.29, 0.717) is 19.3 Å². The smallest absolute Gasteiger partial charge is 0.306 e. The second kappa shape index (κ2) is 57.2. The molecule has 1 unspecified atom stereocenters. The van der Waals surface area contributed by atoms with Crippen molar-refractivity contribution in [3.8, 4) is 0 Å². The minimum absolute atomic E-state index is 0.0860. The van der Waals surface area contributed by atoms with Gasteiger partial charge >= 0.3 is 17.9 Å². The van der Waals surface area contributed by atoms with Gasteiger partial charge in [-0.25, -0.2) is 0 Å². The molecule has 0 N–H and O–H groups in total. The van der Waals surface area contributed by atoms with E-state index in [1.54, 1.807) is 0 Å². The van der Waals surface area contributed by atoms with Crippen LogP contribution in [-0.2, 0) is 28.6 Å². The predicted octanol–water partition coefficient (Wildman–Crippen LogP) is 19.5. The van der Waals surface area contributed by atoms with E-state index >= 15 is 0 Å². The summed E-state index contributed by atoms with van der Waals surface area (Å²) in [6, 6.07) is 0. The van der Waals surface area contributed by atoms with Crippen LogP contribution in [0.3, 0.4) is 0 Å². The van der Waals surface area contributed by atoms with Gasteiger partial charge in [0.2, 0.25) is 0 Å². The highest BCUT2D eigenvalue weighted by Crippen LogP contribution is 2.15. The zero-order valence-corrected chi connectivity index (χ0v) is 45.3. The first-order valence-electron chi connectivity index (χ1n) is 29.1. The lowest BCUT2D eigenvalue weighted by Crippen LogP contribution is -2.30. The van der Waals surface area contributed by atoms with E-state index in [1.807, 2.05) is 0 Å². The van der Waals surface area contributed by atoms with Crippen LogP contribution in [0, 0.1) is 0 Å². The number of carbonyl (C=O) groups is 3. The van der Waals surface area contributed by atoms with Crippen molar-refractivity contribution in [2.75, 3.05) is 13.2 Å². The number of esters is 3. The highest BCUT2D eigenvalue weighted by molar-refractivity contribution is 5.71. The summed E-state index contributed by atoms with van der Waals surface area (Å²) in [5, 5.41) is 0. The minimum Gasteiger partial charge on any atom is -0.462 e. The number of rotatable bonds is 52. The highest BCUT2D eigenvalue weighted by atomic mass is 16.6. The Morgan fingerprint density at radius 1 is 0.304 bits per heavy atom. The molecular formula is C63H108O6. The molecule has 0 aromatic rings. The topological polar surface area (TPSA) is 78.9 Å². The highest BCUT2D eigenvalue weighted by Gasteiger charge is 2.19. The summed E-state index contributed by atoms with van der Waals surface area (Å²) in [4.78, 5) is 38.1. The van der Waals surface area contributed by atoms with Crippen LogP contribution in [0.1, 0.15) is 278 Å². The van der Waals surface area contributed by atoms with Gasteiger partial charge in [-0.1, -0.05) is 247 Å². The fourth-order valence-corrected chi connectivity index (χ4v) is 8.03. The van der Waals surface area contributed by atoms with Crippen LogP contribution in [0.4, 0.5) is 0 Å². The van der Waals surface area contributed by atoms with Crippen molar-refractivity contribution in [1.82, 2.24) is 0 Å². The molecule has 0 aliphatic heterocycles. The number of ether oxygens (including phenoxy) is 3. The Hall–Kier alpha value is -3.41. The van der Waals surface area contributed by atoms with Crippen LogP contribution >= 0.6 is 0 Å². The summed E-state index contributed by atoms with van der Waals surface area (Å²) in [5.74, 6) is -0.913. The molecule has 396 valence electrons. The third kappa shape index (κ3) is 55.4. The van der Waals surface area contributed by atoms with Gasteiger partial charge in [0, 0.05) is 19.3 Å². The average Bonchev–Trinajstić information content (AvgIpc) is 3.35. The maximum Gasteiger partial charge on any atom is 0.306 e. The maximum absolute atomic E-state index is 12.8. The molecule has 0 amide bonds. The van der Waals surface area contributed by atoms with Gasteiger partial charge < -0.3 is 14.2 Å². The quantitative estimate of drug-likeness (QED) is 0.0262. The Bertz CT molecular complexity index is 1330. The molecule has 0 rings (SSSR count). The first-order chi connectivity index (χ1) is 34.0. The number of hydrogen-bond donors (Lipinski definition) is 0. The second-order valence-corrected chi connectivity index (χ2v) is 19.2. The standard InChI is InChI=1S/C63H108O6/c1-4-7-10-13-16-19-22-25-28-29-30-31-32-33-34-35-36-39-41-44-47-50-53-56-62(65)68-59-60(69-63(66)57-54-51-48-45-42-38-27-24-21-18-15-12-9-6-3)58-67-61(64)55-52-49-46-43-40-37-26-23-20-17-14-11-8-5-2/h7,10,16,19,24-25,27-28,30-31,33-34,36,39,60H,4-6,8-9,11-15,17-18,20-23,26,29,32,35,37-38,40-59H2,1-3H3/b10-7-,19-16-,27-24-,28-25-,31-30-,34-33-,39-36-. The average molecular weight is 962 g/mol. The molecule has 1 atom stereocenters. The first-order valence-corrected chi connectivity index (χ1v) is 29.1. The Morgan fingerprint density at radius 3 is 0.899 bits per heavy atom. The van der Waals surface area contributed by atoms with Crippen LogP contribution in [0.5, 0.6) is 0 Å². The monoisotopic (exact) mass is 961 g/mol. The third-order valence-corrected chi connectivity index (χ3v) is 12.4. The molecule has 0 heterocycles. The lowest BCUT2D eigenvalue weighted by molar-refractivity contribution is -0.167. The Labute approximate surface area is 426 Å². The summed E-state index contributed by atoms with van der Waals surface area (Å²) >= 11 is 0. The summed E-state index contributed by atoms with van der Waals surface area (Å²) in [6.07, 6.45) is 74.3. The molecule has 0 saturated heterocycles. The van der Waals surface area contributed by atoms with Gasteiger partial charge in [-0.3, -0.25) is 14.4 Å². The van der Waals surface area contributed by atoms with Crippen molar-refractivity contribution >= 4 is 17.9 Å². The van der Waals surface area contributed by atoms with E-state index in [4.69, 9.17) is 14.2 Å². The van der Waals surface area contributed by atoms with Crippen LogP contribution < -0.4 is 0 Å². The van der Waals surface area contributed by atoms with Crippen LogP contribution in [0.2, 0.25) is 0 Å². The molecule has 0 aliphatic rings. The zero-order chi connectivity index (χ0) is 50.0. The number of hydrogen-bond acceptors (Lipinski definition) is 6. The van der Waals surface area contributed by atoms with Gasteiger partial charge in [0.15, 0.2) is 6.10 Å². The van der Waals surface area contributed by atoms with Gasteiger partial charge in [0.25, 0.3) is 0 Å². The molecular weight excluding hydrogens is 853 g/mol. The molecule has 0 aliphatic carbocycles. The molecule has 6 nitrogen and oxygen atoms in total. The summed E-state index contributed by atoms with van der Waals surface area (Å²) in [5.41, 5.74) is 0. The van der Waals surface area contributed by atoms with Crippen molar-refractivity contribution in [1.29, 1.82) is 0 Å². The SMILES string of the molecule is CC/C=C\C/C=C\C/C=C\C/C=C\C/C=C\C/C=C\CCCCCCC(=O)OCC(COC(=O)CCCCCCCCCCCCCCCC)OC(=O)CCCCCCC/C=C\CCCCCCC. The summed E-state index contributed by atoms with van der Waals surface area (Å²) < 4.78 is 16.8. The van der Waals surface area contributed by atoms with Crippen molar-refractivity contribution < 1.29 is 28.6 Å². The van der Waals surface area contributed by atoms with Gasteiger partial charge in [0.05, 0.1) is 0 Å². The predicted molar refractivity (Wildman–Crippen MR) is 297 cm³/mol. The Balaban J connectivity index is 4.40. The minimum atomic E-state index is -0.790. The second-order valence-electron chi connectivity index (χ2n) is 19.2. The van der Waals surface area contributed by atoms with Crippen molar-refractivity contribution in [2.24, 2.45) is 0 Å². The third-order valence-electron chi connectivity index (χ3n) is 12.4. The number of carbonyl (C=O) groups excluding carboxylic acids is 3. The fraction of sp³-hybridized carbons (Fsp3) is 0.730. The Kier molecular flexibility index (Phi) is 54.3. The van der Waals surface area contributed by atoms with Crippen LogP contribution in [0.25, 0.3) is 0 Å². The largest absolute Gasteiger partial charge is 0.462 e. The molecule has 0 aromatic carbocycles. The molecule has 0 saturated carbocycles. The summed E-state index contributed by atoms with van der Waals surface area (Å²) in [7, 11) is 0. The molecule has 6 heteroatoms. The van der Waals surface area contributed by atoms with Crippen LogP contribution in [-0.4, -0.2) is 37.2 Å². The number of allylic oxidation sites excluding steroid dienone is 14. The van der Waals surface area contributed by atoms with E-state index in [2.05, 4.69) is 106 Å². The fourth-order valence-electron chi connectivity index (χ4n) is 8.03. The van der Waals surface area contributed by atoms with Gasteiger partial charge in [0.1, 0.15) is 13.2 Å². The van der Waals surface area contributed by atoms with Gasteiger partial charge in [-0.2, -0.15) is 0 Å². The normalized spacial score (nSPS) is 12.7. The molecule has 0 aromatic heterocycles. The summed E-state index contributed by atoms with van der Waals surface area (Å²) in [6.45, 7) is 6.50. The molecule has 0 radical (unpaired) electrons. The van der Waals surface area contributed by atoms with Crippen molar-refractivity contribution in [2.45, 2.75) is 284 Å². The van der Waals surface area contributed by atoms with E-state index < -0.39 is 6.10 Å². The van der Waals surface area contributed by atoms with E-state index in [1.165, 1.54) is 116 Å². The van der Waals surface area contributed by atoms with Crippen LogP contribution in [0.15, 0.2) is 85.1 Å². The van der Waals surface area contributed by atoms with Crippen molar-refractivity contribution in [3.63, 3.8) is 0 Å². The molecule has 0 bridgehead atoms. The molecule has 69 heavy (non-hydrogen) atoms. The van der Waals surface area contributed by atoms with E-state index in [0.717, 1.165) is 122 Å².